The first-order valence-electron chi connectivity index (χ1n) is 7.72. The standard InChI is InChI=1S/C15H27N5/c1-4-5-6-7-16-14-12-13(2)17-15(18-14)20-10-8-19(3)9-11-20/h12H,4-11H2,1-3H3,(H,16,17,18). The van der Waals surface area contributed by atoms with Gasteiger partial charge in [0.1, 0.15) is 5.82 Å². The van der Waals surface area contributed by atoms with Crippen molar-refractivity contribution in [3.63, 3.8) is 0 Å². The monoisotopic (exact) mass is 277 g/mol. The molecule has 2 rings (SSSR count). The molecule has 5 nitrogen and oxygen atoms in total. The largest absolute Gasteiger partial charge is 0.370 e. The maximum atomic E-state index is 4.67. The second-order valence-electron chi connectivity index (χ2n) is 5.62. The highest BCUT2D eigenvalue weighted by Crippen LogP contribution is 2.15. The van der Waals surface area contributed by atoms with E-state index in [2.05, 4.69) is 39.1 Å². The minimum Gasteiger partial charge on any atom is -0.370 e. The van der Waals surface area contributed by atoms with Crippen molar-refractivity contribution in [3.05, 3.63) is 11.8 Å². The molecule has 1 fully saturated rings. The lowest BCUT2D eigenvalue weighted by Crippen LogP contribution is -2.45. The highest BCUT2D eigenvalue weighted by atomic mass is 15.3. The van der Waals surface area contributed by atoms with E-state index in [-0.39, 0.29) is 0 Å². The molecule has 2 heterocycles. The van der Waals surface area contributed by atoms with Crippen LogP contribution < -0.4 is 10.2 Å². The maximum Gasteiger partial charge on any atom is 0.227 e. The summed E-state index contributed by atoms with van der Waals surface area (Å²) in [5, 5.41) is 3.42. The second-order valence-corrected chi connectivity index (χ2v) is 5.62. The molecule has 0 amide bonds. The Morgan fingerprint density at radius 2 is 1.90 bits per heavy atom. The van der Waals surface area contributed by atoms with Crippen LogP contribution in [-0.2, 0) is 0 Å². The fourth-order valence-corrected chi connectivity index (χ4v) is 2.38. The molecule has 0 radical (unpaired) electrons. The SMILES string of the molecule is CCCCCNc1cc(C)nc(N2CCN(C)CC2)n1. The summed E-state index contributed by atoms with van der Waals surface area (Å²) in [6.45, 7) is 9.43. The summed E-state index contributed by atoms with van der Waals surface area (Å²) >= 11 is 0. The number of hydrogen-bond acceptors (Lipinski definition) is 5. The Hall–Kier alpha value is -1.36. The zero-order chi connectivity index (χ0) is 14.4. The molecule has 0 aromatic carbocycles. The van der Waals surface area contributed by atoms with E-state index in [1.807, 2.05) is 13.0 Å². The number of piperazine rings is 1. The Balaban J connectivity index is 1.97. The van der Waals surface area contributed by atoms with Gasteiger partial charge in [-0.3, -0.25) is 0 Å². The number of hydrogen-bond donors (Lipinski definition) is 1. The third-order valence-corrected chi connectivity index (χ3v) is 3.71. The van der Waals surface area contributed by atoms with Crippen LogP contribution in [-0.4, -0.2) is 54.6 Å². The topological polar surface area (TPSA) is 44.3 Å². The van der Waals surface area contributed by atoms with Gasteiger partial charge in [0.25, 0.3) is 0 Å². The zero-order valence-electron chi connectivity index (χ0n) is 13.0. The summed E-state index contributed by atoms with van der Waals surface area (Å²) in [5.74, 6) is 1.83. The predicted molar refractivity (Wildman–Crippen MR) is 84.5 cm³/mol. The van der Waals surface area contributed by atoms with E-state index < -0.39 is 0 Å². The molecule has 1 aromatic rings. The summed E-state index contributed by atoms with van der Waals surface area (Å²) in [4.78, 5) is 13.9. The molecule has 5 heteroatoms. The minimum atomic E-state index is 0.871. The van der Waals surface area contributed by atoms with Crippen LogP contribution in [0.1, 0.15) is 31.9 Å². The first-order valence-corrected chi connectivity index (χ1v) is 7.72. The number of rotatable bonds is 6. The van der Waals surface area contributed by atoms with Gasteiger partial charge in [-0.15, -0.1) is 0 Å². The van der Waals surface area contributed by atoms with Crippen LogP contribution in [0.4, 0.5) is 11.8 Å². The van der Waals surface area contributed by atoms with Gasteiger partial charge in [0, 0.05) is 44.5 Å². The first kappa shape index (κ1) is 15.0. The number of anilines is 2. The second kappa shape index (κ2) is 7.43. The molecule has 0 unspecified atom stereocenters. The van der Waals surface area contributed by atoms with Crippen molar-refractivity contribution >= 4 is 11.8 Å². The van der Waals surface area contributed by atoms with E-state index in [0.717, 1.165) is 50.2 Å². The number of aryl methyl sites for hydroxylation is 1. The van der Waals surface area contributed by atoms with Crippen LogP contribution in [0.5, 0.6) is 0 Å². The summed E-state index contributed by atoms with van der Waals surface area (Å²) in [5.41, 5.74) is 1.03. The fourth-order valence-electron chi connectivity index (χ4n) is 2.38. The van der Waals surface area contributed by atoms with E-state index in [0.29, 0.717) is 0 Å². The Morgan fingerprint density at radius 1 is 1.15 bits per heavy atom. The number of aromatic nitrogens is 2. The van der Waals surface area contributed by atoms with Crippen molar-refractivity contribution in [2.45, 2.75) is 33.1 Å². The van der Waals surface area contributed by atoms with E-state index in [4.69, 9.17) is 0 Å². The number of nitrogens with zero attached hydrogens (tertiary/aromatic N) is 4. The van der Waals surface area contributed by atoms with E-state index in [1.54, 1.807) is 0 Å². The summed E-state index contributed by atoms with van der Waals surface area (Å²) < 4.78 is 0. The maximum absolute atomic E-state index is 4.67. The normalized spacial score (nSPS) is 16.4. The highest BCUT2D eigenvalue weighted by molar-refractivity contribution is 5.43. The van der Waals surface area contributed by atoms with Crippen molar-refractivity contribution in [1.29, 1.82) is 0 Å². The lowest BCUT2D eigenvalue weighted by Gasteiger charge is -2.32. The third-order valence-electron chi connectivity index (χ3n) is 3.71. The van der Waals surface area contributed by atoms with Gasteiger partial charge >= 0.3 is 0 Å². The molecule has 1 aliphatic heterocycles. The summed E-state index contributed by atoms with van der Waals surface area (Å²) in [7, 11) is 2.16. The summed E-state index contributed by atoms with van der Waals surface area (Å²) in [6, 6.07) is 2.03. The van der Waals surface area contributed by atoms with Crippen molar-refractivity contribution in [2.75, 3.05) is 50.0 Å². The Labute approximate surface area is 122 Å². The van der Waals surface area contributed by atoms with Gasteiger partial charge < -0.3 is 15.1 Å². The van der Waals surface area contributed by atoms with Crippen LogP contribution in [0.25, 0.3) is 0 Å². The molecule has 0 atom stereocenters. The van der Waals surface area contributed by atoms with E-state index >= 15 is 0 Å². The molecule has 20 heavy (non-hydrogen) atoms. The summed E-state index contributed by atoms with van der Waals surface area (Å²) in [6.07, 6.45) is 3.71. The van der Waals surface area contributed by atoms with Crippen molar-refractivity contribution in [1.82, 2.24) is 14.9 Å². The van der Waals surface area contributed by atoms with Crippen LogP contribution in [0, 0.1) is 6.92 Å². The molecule has 1 aliphatic rings. The van der Waals surface area contributed by atoms with E-state index in [1.165, 1.54) is 19.3 Å². The van der Waals surface area contributed by atoms with Gasteiger partial charge in [0.15, 0.2) is 0 Å². The molecule has 0 saturated carbocycles. The Bertz CT molecular complexity index is 413. The quantitative estimate of drug-likeness (QED) is 0.807. The fraction of sp³-hybridized carbons (Fsp3) is 0.733. The predicted octanol–water partition coefficient (Wildman–Crippen LogP) is 2.14. The average Bonchev–Trinajstić information content (AvgIpc) is 2.44. The molecule has 112 valence electrons. The van der Waals surface area contributed by atoms with Gasteiger partial charge in [0.2, 0.25) is 5.95 Å². The molecule has 0 spiro atoms. The molecule has 0 aliphatic carbocycles. The minimum absolute atomic E-state index is 0.871. The zero-order valence-corrected chi connectivity index (χ0v) is 13.0. The third kappa shape index (κ3) is 4.34. The lowest BCUT2D eigenvalue weighted by atomic mass is 10.2. The molecule has 1 N–H and O–H groups in total. The van der Waals surface area contributed by atoms with Crippen molar-refractivity contribution < 1.29 is 0 Å². The van der Waals surface area contributed by atoms with Crippen LogP contribution in [0.3, 0.4) is 0 Å². The molecule has 0 bridgehead atoms. The molecular weight excluding hydrogens is 250 g/mol. The number of likely N-dealkylation sites (N-methyl/N-ethyl adjacent to an activating group) is 1. The number of nitrogens with one attached hydrogen (secondary N) is 1. The Morgan fingerprint density at radius 3 is 2.60 bits per heavy atom. The van der Waals surface area contributed by atoms with Gasteiger partial charge in [0.05, 0.1) is 0 Å². The molecule has 1 saturated heterocycles. The van der Waals surface area contributed by atoms with Gasteiger partial charge in [-0.1, -0.05) is 19.8 Å². The highest BCUT2D eigenvalue weighted by Gasteiger charge is 2.17. The molecule has 1 aromatic heterocycles. The van der Waals surface area contributed by atoms with Crippen LogP contribution >= 0.6 is 0 Å². The van der Waals surface area contributed by atoms with Crippen molar-refractivity contribution in [2.24, 2.45) is 0 Å². The number of unbranched alkanes of at least 4 members (excludes halogenated alkanes) is 2. The van der Waals surface area contributed by atoms with Gasteiger partial charge in [-0.2, -0.15) is 4.98 Å². The van der Waals surface area contributed by atoms with Gasteiger partial charge in [-0.05, 0) is 20.4 Å². The Kier molecular flexibility index (Phi) is 5.59. The smallest absolute Gasteiger partial charge is 0.227 e. The van der Waals surface area contributed by atoms with E-state index in [9.17, 15) is 0 Å². The van der Waals surface area contributed by atoms with Gasteiger partial charge in [-0.25, -0.2) is 4.98 Å². The average molecular weight is 277 g/mol. The van der Waals surface area contributed by atoms with Crippen LogP contribution in [0.2, 0.25) is 0 Å². The lowest BCUT2D eigenvalue weighted by molar-refractivity contribution is 0.311. The van der Waals surface area contributed by atoms with Crippen molar-refractivity contribution in [3.8, 4) is 0 Å². The van der Waals surface area contributed by atoms with Crippen LogP contribution in [0.15, 0.2) is 6.07 Å². The molecular formula is C15H27N5. The first-order chi connectivity index (χ1) is 9.69.